The van der Waals surface area contributed by atoms with Crippen molar-refractivity contribution in [3.8, 4) is 0 Å². The van der Waals surface area contributed by atoms with Gasteiger partial charge in [-0.15, -0.1) is 0 Å². The van der Waals surface area contributed by atoms with E-state index in [9.17, 15) is 9.90 Å². The van der Waals surface area contributed by atoms with Crippen molar-refractivity contribution in [2.45, 2.75) is 45.4 Å². The highest BCUT2D eigenvalue weighted by Gasteiger charge is 2.18. The molecule has 0 heterocycles. The van der Waals surface area contributed by atoms with Gasteiger partial charge in [-0.2, -0.15) is 0 Å². The van der Waals surface area contributed by atoms with Crippen molar-refractivity contribution in [3.05, 3.63) is 0 Å². The Morgan fingerprint density at radius 3 is 2.47 bits per heavy atom. The van der Waals surface area contributed by atoms with Crippen molar-refractivity contribution in [2.24, 2.45) is 0 Å². The molecule has 0 spiro atoms. The Hall–Kier alpha value is -0.745. The molecule has 0 aliphatic rings. The highest BCUT2D eigenvalue weighted by Crippen LogP contribution is 2.06. The van der Waals surface area contributed by atoms with E-state index in [1.807, 2.05) is 0 Å². The maximum atomic E-state index is 11.2. The molecule has 2 atom stereocenters. The monoisotopic (exact) mass is 214 g/mol. The van der Waals surface area contributed by atoms with Crippen LogP contribution < -0.4 is 10.5 Å². The smallest absolute Gasteiger partial charge is 0.407 e. The van der Waals surface area contributed by atoms with Gasteiger partial charge in [-0.3, -0.25) is 0 Å². The molecule has 0 saturated carbocycles. The number of amides is 1. The minimum absolute atomic E-state index is 0.0975. The molecule has 0 aromatic carbocycles. The minimum Gasteiger partial charge on any atom is -0.444 e. The number of aliphatic hydroxyl groups excluding tert-OH is 1. The molecule has 0 bridgehead atoms. The maximum absolute atomic E-state index is 11.2. The van der Waals surface area contributed by atoms with Gasteiger partial charge in [0.25, 0.3) is 0 Å². The number of ether oxygens (including phenoxy) is 1. The van der Waals surface area contributed by atoms with Gasteiger partial charge < -0.3 is 20.4 Å². The third kappa shape index (κ3) is 7.22. The van der Waals surface area contributed by atoms with E-state index in [4.69, 9.17) is 12.7 Å². The van der Waals surface area contributed by atoms with Crippen LogP contribution in [0.2, 0.25) is 0 Å². The van der Waals surface area contributed by atoms with E-state index in [0.717, 1.165) is 0 Å². The second-order valence-electron chi connectivity index (χ2n) is 4.41. The minimum atomic E-state index is -0.748. The quantitative estimate of drug-likeness (QED) is 0.573. The SMILES string of the molecule is [B]NC(C)[C@H](O)CNC(=O)OC(C)(C)C. The fourth-order valence-electron chi connectivity index (χ4n) is 0.790. The Balaban J connectivity index is 3.81. The third-order valence-corrected chi connectivity index (χ3v) is 1.69. The summed E-state index contributed by atoms with van der Waals surface area (Å²) in [4.78, 5) is 11.2. The van der Waals surface area contributed by atoms with Crippen LogP contribution in [0.3, 0.4) is 0 Å². The van der Waals surface area contributed by atoms with Crippen LogP contribution in [0, 0.1) is 0 Å². The standard InChI is InChI=1S/C9H19BN2O3/c1-6(12-10)7(13)5-11-8(14)15-9(2,3)4/h6-7,12-13H,5H2,1-4H3,(H,11,14)/t6?,7-/m1/s1. The van der Waals surface area contributed by atoms with Gasteiger partial charge in [0.1, 0.15) is 5.60 Å². The predicted molar refractivity (Wildman–Crippen MR) is 58.6 cm³/mol. The fraction of sp³-hybridized carbons (Fsp3) is 0.889. The molecule has 1 unspecified atom stereocenters. The second kappa shape index (κ2) is 5.97. The summed E-state index contributed by atoms with van der Waals surface area (Å²) >= 11 is 0. The van der Waals surface area contributed by atoms with Crippen molar-refractivity contribution in [1.82, 2.24) is 10.5 Å². The topological polar surface area (TPSA) is 70.6 Å². The Morgan fingerprint density at radius 1 is 1.53 bits per heavy atom. The van der Waals surface area contributed by atoms with Crippen LogP contribution in [0.4, 0.5) is 4.79 Å². The lowest BCUT2D eigenvalue weighted by Crippen LogP contribution is -2.44. The number of hydrogen-bond donors (Lipinski definition) is 3. The van der Waals surface area contributed by atoms with Crippen LogP contribution in [0.1, 0.15) is 27.7 Å². The molecule has 0 rings (SSSR count). The highest BCUT2D eigenvalue weighted by atomic mass is 16.6. The van der Waals surface area contributed by atoms with Crippen LogP contribution in [0.25, 0.3) is 0 Å². The normalized spacial score (nSPS) is 15.5. The first-order valence-corrected chi connectivity index (χ1v) is 4.87. The van der Waals surface area contributed by atoms with Gasteiger partial charge in [0, 0.05) is 12.6 Å². The molecule has 0 aliphatic carbocycles. The zero-order valence-corrected chi connectivity index (χ0v) is 9.70. The van der Waals surface area contributed by atoms with Gasteiger partial charge in [-0.1, -0.05) is 0 Å². The number of carbonyl (C=O) groups is 1. The van der Waals surface area contributed by atoms with Crippen molar-refractivity contribution < 1.29 is 14.6 Å². The first-order valence-electron chi connectivity index (χ1n) is 4.87. The molecule has 0 saturated heterocycles. The largest absolute Gasteiger partial charge is 0.444 e. The predicted octanol–water partition coefficient (Wildman–Crippen LogP) is -0.0664. The van der Waals surface area contributed by atoms with Crippen LogP contribution >= 0.6 is 0 Å². The van der Waals surface area contributed by atoms with E-state index in [0.29, 0.717) is 0 Å². The first kappa shape index (κ1) is 14.3. The highest BCUT2D eigenvalue weighted by molar-refractivity contribution is 6.04. The van der Waals surface area contributed by atoms with E-state index in [2.05, 4.69) is 10.5 Å². The lowest BCUT2D eigenvalue weighted by Gasteiger charge is -2.22. The van der Waals surface area contributed by atoms with Crippen LogP contribution in [0.5, 0.6) is 0 Å². The summed E-state index contributed by atoms with van der Waals surface area (Å²) in [7, 11) is 5.13. The summed E-state index contributed by atoms with van der Waals surface area (Å²) in [6, 6.07) is -0.292. The van der Waals surface area contributed by atoms with Crippen LogP contribution in [0.15, 0.2) is 0 Å². The summed E-state index contributed by atoms with van der Waals surface area (Å²) in [6.45, 7) is 7.12. The summed E-state index contributed by atoms with van der Waals surface area (Å²) in [5, 5.41) is 14.3. The van der Waals surface area contributed by atoms with Gasteiger partial charge >= 0.3 is 6.09 Å². The molecule has 6 heteroatoms. The summed E-state index contributed by atoms with van der Waals surface area (Å²) in [6.07, 6.45) is -1.30. The Labute approximate surface area is 92.0 Å². The number of hydrogen-bond acceptors (Lipinski definition) is 4. The number of alkyl carbamates (subject to hydrolysis) is 1. The molecule has 1 amide bonds. The maximum Gasteiger partial charge on any atom is 0.407 e. The average Bonchev–Trinajstić information content (AvgIpc) is 2.10. The Kier molecular flexibility index (Phi) is 5.68. The Morgan fingerprint density at radius 2 is 2.07 bits per heavy atom. The molecule has 0 aromatic heterocycles. The van der Waals surface area contributed by atoms with Crippen molar-refractivity contribution >= 4 is 14.1 Å². The zero-order valence-electron chi connectivity index (χ0n) is 9.70. The lowest BCUT2D eigenvalue weighted by molar-refractivity contribution is 0.0481. The van der Waals surface area contributed by atoms with Gasteiger partial charge in [-0.25, -0.2) is 4.79 Å². The molecule has 5 nitrogen and oxygen atoms in total. The number of carbonyl (C=O) groups excluding carboxylic acids is 1. The van der Waals surface area contributed by atoms with Gasteiger partial charge in [0.15, 0.2) is 7.98 Å². The summed E-state index contributed by atoms with van der Waals surface area (Å²) in [5.74, 6) is 0. The number of nitrogens with one attached hydrogen (secondary N) is 2. The molecule has 3 N–H and O–H groups in total. The second-order valence-corrected chi connectivity index (χ2v) is 4.41. The molecule has 86 valence electrons. The molecular formula is C9H19BN2O3. The molecule has 0 fully saturated rings. The molecular weight excluding hydrogens is 195 g/mol. The average molecular weight is 214 g/mol. The van der Waals surface area contributed by atoms with E-state index >= 15 is 0 Å². The fourth-order valence-corrected chi connectivity index (χ4v) is 0.790. The van der Waals surface area contributed by atoms with E-state index < -0.39 is 17.8 Å². The van der Waals surface area contributed by atoms with E-state index in [1.54, 1.807) is 27.7 Å². The lowest BCUT2D eigenvalue weighted by atomic mass is 10.1. The van der Waals surface area contributed by atoms with Crippen molar-refractivity contribution in [1.29, 1.82) is 0 Å². The molecule has 0 aliphatic heterocycles. The van der Waals surface area contributed by atoms with E-state index in [-0.39, 0.29) is 12.6 Å². The summed E-state index contributed by atoms with van der Waals surface area (Å²) < 4.78 is 4.99. The van der Waals surface area contributed by atoms with Gasteiger partial charge in [0.05, 0.1) is 6.10 Å². The molecule has 15 heavy (non-hydrogen) atoms. The van der Waals surface area contributed by atoms with Gasteiger partial charge in [-0.05, 0) is 27.7 Å². The van der Waals surface area contributed by atoms with E-state index in [1.165, 1.54) is 0 Å². The van der Waals surface area contributed by atoms with Crippen molar-refractivity contribution in [2.75, 3.05) is 6.54 Å². The molecule has 2 radical (unpaired) electrons. The first-order chi connectivity index (χ1) is 6.76. The third-order valence-electron chi connectivity index (χ3n) is 1.69. The number of rotatable bonds is 4. The summed E-state index contributed by atoms with van der Waals surface area (Å²) in [5.41, 5.74) is -0.535. The Bertz CT molecular complexity index is 206. The molecule has 0 aromatic rings. The van der Waals surface area contributed by atoms with Crippen molar-refractivity contribution in [3.63, 3.8) is 0 Å². The van der Waals surface area contributed by atoms with Crippen LogP contribution in [-0.4, -0.2) is 43.5 Å². The zero-order chi connectivity index (χ0) is 12.1. The van der Waals surface area contributed by atoms with Crippen LogP contribution in [-0.2, 0) is 4.74 Å². The number of aliphatic hydroxyl groups is 1. The van der Waals surface area contributed by atoms with Gasteiger partial charge in [0.2, 0.25) is 0 Å².